The van der Waals surface area contributed by atoms with Gasteiger partial charge in [0.1, 0.15) is 0 Å². The van der Waals surface area contributed by atoms with Crippen LogP contribution in [0.3, 0.4) is 0 Å². The molecule has 2 aromatic carbocycles. The highest BCUT2D eigenvalue weighted by molar-refractivity contribution is 14.1. The van der Waals surface area contributed by atoms with Crippen LogP contribution in [0.1, 0.15) is 22.7 Å². The van der Waals surface area contributed by atoms with Gasteiger partial charge in [-0.15, -0.1) is 0 Å². The number of hydrogen-bond donors (Lipinski definition) is 1. The number of halogens is 5. The minimum atomic E-state index is -4.39. The Bertz CT molecular complexity index is 643. The fraction of sp³-hybridized carbons (Fsp3) is 0.200. The van der Waals surface area contributed by atoms with Gasteiger partial charge in [0, 0.05) is 8.59 Å². The van der Waals surface area contributed by atoms with Crippen LogP contribution >= 0.6 is 34.2 Å². The lowest BCUT2D eigenvalue weighted by atomic mass is 9.94. The Morgan fingerprint density at radius 3 is 2.38 bits per heavy atom. The van der Waals surface area contributed by atoms with E-state index in [0.717, 1.165) is 15.2 Å². The number of benzene rings is 2. The monoisotopic (exact) mass is 425 g/mol. The highest BCUT2D eigenvalue weighted by Gasteiger charge is 2.35. The van der Waals surface area contributed by atoms with Gasteiger partial charge in [-0.3, -0.25) is 0 Å². The van der Waals surface area contributed by atoms with Crippen molar-refractivity contribution in [3.8, 4) is 0 Å². The average molecular weight is 426 g/mol. The fourth-order valence-corrected chi connectivity index (χ4v) is 3.05. The van der Waals surface area contributed by atoms with Crippen LogP contribution in [0.4, 0.5) is 13.2 Å². The van der Waals surface area contributed by atoms with E-state index < -0.39 is 17.8 Å². The molecule has 0 aliphatic rings. The van der Waals surface area contributed by atoms with Crippen LogP contribution in [-0.2, 0) is 6.18 Å². The molecule has 0 aliphatic carbocycles. The summed E-state index contributed by atoms with van der Waals surface area (Å²) in [7, 11) is 1.63. The summed E-state index contributed by atoms with van der Waals surface area (Å²) in [4.78, 5) is 0. The van der Waals surface area contributed by atoms with Gasteiger partial charge in [-0.2, -0.15) is 13.2 Å². The first kappa shape index (κ1) is 16.6. The molecule has 0 fully saturated rings. The van der Waals surface area contributed by atoms with E-state index in [9.17, 15) is 13.2 Å². The molecule has 2 aromatic rings. The fourth-order valence-electron chi connectivity index (χ4n) is 2.22. The first-order chi connectivity index (χ1) is 9.84. The Labute approximate surface area is 139 Å². The molecule has 112 valence electrons. The Kier molecular flexibility index (Phi) is 5.16. The third kappa shape index (κ3) is 3.70. The molecule has 0 saturated heterocycles. The van der Waals surface area contributed by atoms with Crippen LogP contribution in [0, 0.1) is 3.57 Å². The number of rotatable bonds is 3. The summed E-state index contributed by atoms with van der Waals surface area (Å²) in [5.41, 5.74) is 0.273. The van der Waals surface area contributed by atoms with Gasteiger partial charge in [-0.05, 0) is 65.0 Å². The molecule has 0 heterocycles. The van der Waals surface area contributed by atoms with Crippen molar-refractivity contribution in [1.82, 2.24) is 5.32 Å². The standard InChI is InChI=1S/C15H12ClF3IN/c1-21-14(11-8-9(16)6-7-13(11)20)10-4-2-3-5-12(10)15(17,18)19/h2-8,14,21H,1H3. The summed E-state index contributed by atoms with van der Waals surface area (Å²) in [6.45, 7) is 0. The molecule has 0 spiro atoms. The van der Waals surface area contributed by atoms with Crippen LogP contribution in [0.2, 0.25) is 5.02 Å². The largest absolute Gasteiger partial charge is 0.416 e. The molecule has 1 nitrogen and oxygen atoms in total. The van der Waals surface area contributed by atoms with Crippen LogP contribution in [0.15, 0.2) is 42.5 Å². The van der Waals surface area contributed by atoms with Crippen LogP contribution in [-0.4, -0.2) is 7.05 Å². The lowest BCUT2D eigenvalue weighted by Gasteiger charge is -2.23. The molecule has 0 amide bonds. The van der Waals surface area contributed by atoms with E-state index in [0.29, 0.717) is 5.02 Å². The summed E-state index contributed by atoms with van der Waals surface area (Å²) in [6.07, 6.45) is -4.39. The van der Waals surface area contributed by atoms with Gasteiger partial charge < -0.3 is 5.32 Å². The van der Waals surface area contributed by atoms with Crippen molar-refractivity contribution in [2.24, 2.45) is 0 Å². The van der Waals surface area contributed by atoms with Gasteiger partial charge in [0.2, 0.25) is 0 Å². The van der Waals surface area contributed by atoms with E-state index in [1.807, 2.05) is 0 Å². The van der Waals surface area contributed by atoms with Gasteiger partial charge in [0.15, 0.2) is 0 Å². The maximum absolute atomic E-state index is 13.2. The predicted molar refractivity (Wildman–Crippen MR) is 86.5 cm³/mol. The van der Waals surface area contributed by atoms with Crippen molar-refractivity contribution < 1.29 is 13.2 Å². The molecular weight excluding hydrogens is 414 g/mol. The highest BCUT2D eigenvalue weighted by atomic mass is 127. The molecule has 1 N–H and O–H groups in total. The van der Waals surface area contributed by atoms with Crippen molar-refractivity contribution in [3.05, 3.63) is 67.7 Å². The molecular formula is C15H12ClF3IN. The zero-order chi connectivity index (χ0) is 15.6. The van der Waals surface area contributed by atoms with Crippen molar-refractivity contribution in [2.75, 3.05) is 7.05 Å². The molecule has 0 bridgehead atoms. The minimum absolute atomic E-state index is 0.188. The van der Waals surface area contributed by atoms with Gasteiger partial charge in [0.25, 0.3) is 0 Å². The summed E-state index contributed by atoms with van der Waals surface area (Å²) in [5.74, 6) is 0. The molecule has 0 aromatic heterocycles. The molecule has 0 radical (unpaired) electrons. The van der Waals surface area contributed by atoms with Crippen LogP contribution < -0.4 is 5.32 Å². The first-order valence-electron chi connectivity index (χ1n) is 6.13. The van der Waals surface area contributed by atoms with E-state index in [4.69, 9.17) is 11.6 Å². The normalized spacial score (nSPS) is 13.2. The molecule has 21 heavy (non-hydrogen) atoms. The minimum Gasteiger partial charge on any atom is -0.309 e. The molecule has 0 aliphatic heterocycles. The predicted octanol–water partition coefficient (Wildman–Crippen LogP) is 5.27. The summed E-state index contributed by atoms with van der Waals surface area (Å²) in [5, 5.41) is 3.45. The van der Waals surface area contributed by atoms with Gasteiger partial charge in [0.05, 0.1) is 11.6 Å². The van der Waals surface area contributed by atoms with Crippen molar-refractivity contribution in [1.29, 1.82) is 0 Å². The van der Waals surface area contributed by atoms with E-state index in [1.54, 1.807) is 31.3 Å². The smallest absolute Gasteiger partial charge is 0.309 e. The average Bonchev–Trinajstić information content (AvgIpc) is 2.43. The zero-order valence-corrected chi connectivity index (χ0v) is 13.9. The quantitative estimate of drug-likeness (QED) is 0.661. The molecule has 2 rings (SSSR count). The maximum atomic E-state index is 13.2. The second-order valence-electron chi connectivity index (χ2n) is 4.47. The third-order valence-electron chi connectivity index (χ3n) is 3.13. The first-order valence-corrected chi connectivity index (χ1v) is 7.58. The molecule has 0 saturated carbocycles. The SMILES string of the molecule is CNC(c1cc(Cl)ccc1I)c1ccccc1C(F)(F)F. The zero-order valence-electron chi connectivity index (χ0n) is 11.0. The lowest BCUT2D eigenvalue weighted by Crippen LogP contribution is -2.22. The second-order valence-corrected chi connectivity index (χ2v) is 6.07. The topological polar surface area (TPSA) is 12.0 Å². The molecule has 6 heteroatoms. The summed E-state index contributed by atoms with van der Waals surface area (Å²) in [6, 6.07) is 10.2. The molecule has 1 atom stereocenters. The Morgan fingerprint density at radius 2 is 1.76 bits per heavy atom. The third-order valence-corrected chi connectivity index (χ3v) is 4.35. The van der Waals surface area contributed by atoms with E-state index in [-0.39, 0.29) is 5.56 Å². The highest BCUT2D eigenvalue weighted by Crippen LogP contribution is 2.37. The number of alkyl halides is 3. The number of hydrogen-bond acceptors (Lipinski definition) is 1. The van der Waals surface area contributed by atoms with Crippen LogP contribution in [0.5, 0.6) is 0 Å². The maximum Gasteiger partial charge on any atom is 0.416 e. The van der Waals surface area contributed by atoms with E-state index >= 15 is 0 Å². The van der Waals surface area contributed by atoms with Gasteiger partial charge in [-0.1, -0.05) is 29.8 Å². The van der Waals surface area contributed by atoms with Gasteiger partial charge in [-0.25, -0.2) is 0 Å². The Hall–Kier alpha value is -0.790. The second kappa shape index (κ2) is 6.54. The Morgan fingerprint density at radius 1 is 1.10 bits per heavy atom. The van der Waals surface area contributed by atoms with Crippen molar-refractivity contribution in [3.63, 3.8) is 0 Å². The number of nitrogens with one attached hydrogen (secondary N) is 1. The van der Waals surface area contributed by atoms with Crippen molar-refractivity contribution in [2.45, 2.75) is 12.2 Å². The van der Waals surface area contributed by atoms with Crippen molar-refractivity contribution >= 4 is 34.2 Å². The van der Waals surface area contributed by atoms with E-state index in [1.165, 1.54) is 12.1 Å². The molecule has 1 unspecified atom stereocenters. The Balaban J connectivity index is 2.60. The van der Waals surface area contributed by atoms with E-state index in [2.05, 4.69) is 27.9 Å². The van der Waals surface area contributed by atoms with Gasteiger partial charge >= 0.3 is 6.18 Å². The van der Waals surface area contributed by atoms with Crippen LogP contribution in [0.25, 0.3) is 0 Å². The summed E-state index contributed by atoms with van der Waals surface area (Å²) >= 11 is 8.08. The summed E-state index contributed by atoms with van der Waals surface area (Å²) < 4.78 is 40.4. The lowest BCUT2D eigenvalue weighted by molar-refractivity contribution is -0.138.